The van der Waals surface area contributed by atoms with Gasteiger partial charge in [-0.2, -0.15) is 0 Å². The summed E-state index contributed by atoms with van der Waals surface area (Å²) >= 11 is 0. The average molecular weight is 490 g/mol. The lowest BCUT2D eigenvalue weighted by Gasteiger charge is -2.25. The van der Waals surface area contributed by atoms with Gasteiger partial charge in [-0.3, -0.25) is 9.69 Å². The molecule has 5 rings (SSSR count). The van der Waals surface area contributed by atoms with Crippen molar-refractivity contribution in [2.24, 2.45) is 0 Å². The molecule has 4 heterocycles. The van der Waals surface area contributed by atoms with E-state index in [2.05, 4.69) is 36.0 Å². The van der Waals surface area contributed by atoms with E-state index in [-0.39, 0.29) is 17.6 Å². The SMILES string of the molecule is CC1CNc2ncnc3ccc(cc23)Nc2cc(N(C)C(=O)OC(C)(C)C)c3ncc(n3n2)C(=O)N1. The van der Waals surface area contributed by atoms with Crippen LogP contribution in [0.4, 0.5) is 27.8 Å². The lowest BCUT2D eigenvalue weighted by molar-refractivity contribution is 0.0589. The smallest absolute Gasteiger partial charge is 0.414 e. The van der Waals surface area contributed by atoms with E-state index in [0.29, 0.717) is 29.5 Å². The zero-order valence-corrected chi connectivity index (χ0v) is 20.7. The predicted octanol–water partition coefficient (Wildman–Crippen LogP) is 3.33. The van der Waals surface area contributed by atoms with Crippen molar-refractivity contribution in [1.29, 1.82) is 0 Å². The minimum Gasteiger partial charge on any atom is -0.443 e. The van der Waals surface area contributed by atoms with Crippen LogP contribution in [-0.2, 0) is 4.74 Å². The van der Waals surface area contributed by atoms with E-state index in [4.69, 9.17) is 4.74 Å². The summed E-state index contributed by atoms with van der Waals surface area (Å²) in [6.07, 6.45) is 2.38. The fourth-order valence-electron chi connectivity index (χ4n) is 3.87. The van der Waals surface area contributed by atoms with Gasteiger partial charge in [-0.1, -0.05) is 0 Å². The number of rotatable bonds is 1. The molecule has 0 radical (unpaired) electrons. The van der Waals surface area contributed by atoms with E-state index in [0.717, 1.165) is 16.6 Å². The van der Waals surface area contributed by atoms with Crippen LogP contribution >= 0.6 is 0 Å². The van der Waals surface area contributed by atoms with E-state index in [1.54, 1.807) is 33.9 Å². The van der Waals surface area contributed by atoms with Gasteiger partial charge in [0.2, 0.25) is 0 Å². The van der Waals surface area contributed by atoms with Crippen LogP contribution in [-0.4, -0.2) is 61.8 Å². The van der Waals surface area contributed by atoms with E-state index in [1.165, 1.54) is 21.9 Å². The molecule has 0 fully saturated rings. The van der Waals surface area contributed by atoms with Crippen molar-refractivity contribution in [1.82, 2.24) is 29.9 Å². The Hall–Kier alpha value is -4.48. The van der Waals surface area contributed by atoms with Crippen LogP contribution in [0.2, 0.25) is 0 Å². The first kappa shape index (κ1) is 23.3. The molecule has 0 aliphatic carbocycles. The molecule has 12 nitrogen and oxygen atoms in total. The number of carbonyl (C=O) groups is 2. The number of imidazole rings is 1. The van der Waals surface area contributed by atoms with Crippen LogP contribution in [0.1, 0.15) is 38.2 Å². The Morgan fingerprint density at radius 3 is 2.78 bits per heavy atom. The van der Waals surface area contributed by atoms with Gasteiger partial charge < -0.3 is 20.7 Å². The molecular formula is C24H27N9O3. The number of nitrogens with one attached hydrogen (secondary N) is 3. The summed E-state index contributed by atoms with van der Waals surface area (Å²) in [6, 6.07) is 7.14. The van der Waals surface area contributed by atoms with Gasteiger partial charge in [0.05, 0.1) is 17.4 Å². The van der Waals surface area contributed by atoms with E-state index in [9.17, 15) is 9.59 Å². The highest BCUT2D eigenvalue weighted by atomic mass is 16.6. The van der Waals surface area contributed by atoms with Gasteiger partial charge >= 0.3 is 6.09 Å². The topological polar surface area (TPSA) is 139 Å². The van der Waals surface area contributed by atoms with Crippen LogP contribution in [0.15, 0.2) is 36.8 Å². The maximum Gasteiger partial charge on any atom is 0.414 e. The zero-order chi connectivity index (χ0) is 25.6. The van der Waals surface area contributed by atoms with Gasteiger partial charge in [0.15, 0.2) is 17.2 Å². The fourth-order valence-corrected chi connectivity index (χ4v) is 3.87. The Balaban J connectivity index is 1.67. The Bertz CT molecular complexity index is 1490. The number of nitrogens with zero attached hydrogens (tertiary/aromatic N) is 6. The number of benzene rings is 1. The lowest BCUT2D eigenvalue weighted by Crippen LogP contribution is -2.38. The molecular weight excluding hydrogens is 462 g/mol. The van der Waals surface area contributed by atoms with Crippen molar-refractivity contribution < 1.29 is 14.3 Å². The normalized spacial score (nSPS) is 15.8. The number of carbonyl (C=O) groups excluding carboxylic acids is 2. The van der Waals surface area contributed by atoms with Crippen molar-refractivity contribution in [3.8, 4) is 0 Å². The Morgan fingerprint density at radius 1 is 1.19 bits per heavy atom. The van der Waals surface area contributed by atoms with E-state index in [1.807, 2.05) is 25.1 Å². The molecule has 2 amide bonds. The first-order valence-corrected chi connectivity index (χ1v) is 11.5. The number of amides is 2. The molecule has 186 valence electrons. The second kappa shape index (κ2) is 8.63. The van der Waals surface area contributed by atoms with E-state index < -0.39 is 11.7 Å². The molecule has 3 aromatic heterocycles. The number of hydrogen-bond acceptors (Lipinski definition) is 9. The summed E-state index contributed by atoms with van der Waals surface area (Å²) in [6.45, 7) is 7.71. The van der Waals surface area contributed by atoms with Gasteiger partial charge in [0, 0.05) is 36.8 Å². The molecule has 12 heteroatoms. The van der Waals surface area contributed by atoms with E-state index >= 15 is 0 Å². The number of anilines is 4. The second-order valence-corrected chi connectivity index (χ2v) is 9.67. The first-order chi connectivity index (χ1) is 17.1. The molecule has 1 atom stereocenters. The van der Waals surface area contributed by atoms with Crippen LogP contribution in [0.5, 0.6) is 0 Å². The summed E-state index contributed by atoms with van der Waals surface area (Å²) in [5.74, 6) is 0.701. The molecule has 1 unspecified atom stereocenters. The van der Waals surface area contributed by atoms with Gasteiger partial charge in [0.1, 0.15) is 17.7 Å². The third kappa shape index (κ3) is 4.44. The highest BCUT2D eigenvalue weighted by Gasteiger charge is 2.26. The molecule has 4 bridgehead atoms. The Kier molecular flexibility index (Phi) is 5.58. The average Bonchev–Trinajstić information content (AvgIpc) is 3.24. The highest BCUT2D eigenvalue weighted by Crippen LogP contribution is 2.29. The monoisotopic (exact) mass is 489 g/mol. The lowest BCUT2D eigenvalue weighted by atomic mass is 10.2. The van der Waals surface area contributed by atoms with Crippen LogP contribution in [0.25, 0.3) is 16.6 Å². The fraction of sp³-hybridized carbons (Fsp3) is 0.333. The minimum absolute atomic E-state index is 0.231. The third-order valence-electron chi connectivity index (χ3n) is 5.57. The van der Waals surface area contributed by atoms with Crippen LogP contribution in [0, 0.1) is 0 Å². The van der Waals surface area contributed by atoms with Gasteiger partial charge in [-0.05, 0) is 45.9 Å². The van der Waals surface area contributed by atoms with Crippen molar-refractivity contribution in [3.63, 3.8) is 0 Å². The summed E-state index contributed by atoms with van der Waals surface area (Å²) in [5, 5.41) is 14.9. The minimum atomic E-state index is -0.682. The van der Waals surface area contributed by atoms with Gasteiger partial charge in [0.25, 0.3) is 5.91 Å². The highest BCUT2D eigenvalue weighted by molar-refractivity contribution is 5.97. The molecule has 36 heavy (non-hydrogen) atoms. The van der Waals surface area contributed by atoms with Crippen LogP contribution < -0.4 is 20.9 Å². The molecule has 1 aliphatic heterocycles. The zero-order valence-electron chi connectivity index (χ0n) is 20.7. The summed E-state index contributed by atoms with van der Waals surface area (Å²) < 4.78 is 6.97. The predicted molar refractivity (Wildman–Crippen MR) is 136 cm³/mol. The van der Waals surface area contributed by atoms with Crippen molar-refractivity contribution in [3.05, 3.63) is 42.5 Å². The maximum atomic E-state index is 13.1. The quantitative estimate of drug-likeness (QED) is 0.367. The summed E-state index contributed by atoms with van der Waals surface area (Å²) in [5.41, 5.74) is 1.81. The standard InChI is InChI=1S/C24H27N9O3/c1-13-10-25-20-15-8-14(6-7-16(15)27-12-28-20)30-19-9-17(32(5)23(35)36-24(2,3)4)21-26-11-18(22(34)29-13)33(21)31-19/h6-9,11-13H,10H2,1-5H3,(H,29,34)(H,30,31)(H,25,27,28). The number of hydrogen-bond donors (Lipinski definition) is 3. The first-order valence-electron chi connectivity index (χ1n) is 11.5. The molecule has 0 saturated heterocycles. The molecule has 4 aromatic rings. The van der Waals surface area contributed by atoms with Crippen molar-refractivity contribution >= 4 is 51.6 Å². The maximum absolute atomic E-state index is 13.1. The number of ether oxygens (including phenoxy) is 1. The van der Waals surface area contributed by atoms with Crippen LogP contribution in [0.3, 0.4) is 0 Å². The third-order valence-corrected chi connectivity index (χ3v) is 5.57. The molecule has 0 saturated carbocycles. The molecule has 1 aromatic carbocycles. The second-order valence-electron chi connectivity index (χ2n) is 9.67. The van der Waals surface area contributed by atoms with Crippen molar-refractivity contribution in [2.45, 2.75) is 39.3 Å². The van der Waals surface area contributed by atoms with Gasteiger partial charge in [-0.15, -0.1) is 5.10 Å². The Labute approximate surface area is 207 Å². The summed E-state index contributed by atoms with van der Waals surface area (Å²) in [4.78, 5) is 40.5. The largest absolute Gasteiger partial charge is 0.443 e. The molecule has 1 aliphatic rings. The molecule has 3 N–H and O–H groups in total. The molecule has 0 spiro atoms. The van der Waals surface area contributed by atoms with Gasteiger partial charge in [-0.25, -0.2) is 24.3 Å². The Morgan fingerprint density at radius 2 is 2.00 bits per heavy atom. The number of fused-ring (bicyclic) bond motifs is 2. The summed E-state index contributed by atoms with van der Waals surface area (Å²) in [7, 11) is 1.59. The van der Waals surface area contributed by atoms with Crippen molar-refractivity contribution in [2.75, 3.05) is 29.1 Å². The number of aromatic nitrogens is 5.